The van der Waals surface area contributed by atoms with Gasteiger partial charge in [0.1, 0.15) is 17.6 Å². The number of carbonyl (C=O) groups is 3. The zero-order chi connectivity index (χ0) is 26.0. The second kappa shape index (κ2) is 11.1. The molecule has 2 unspecified atom stereocenters. The van der Waals surface area contributed by atoms with Crippen LogP contribution in [0.5, 0.6) is 0 Å². The van der Waals surface area contributed by atoms with E-state index in [1.807, 2.05) is 50.0 Å². The van der Waals surface area contributed by atoms with Crippen LogP contribution in [0.1, 0.15) is 66.2 Å². The molecular weight excluding hydrogens is 460 g/mol. The Hall–Kier alpha value is -2.19. The summed E-state index contributed by atoms with van der Waals surface area (Å²) in [6, 6.07) is -1.50. The van der Waals surface area contributed by atoms with E-state index in [1.54, 1.807) is 4.90 Å². The first-order valence-electron chi connectivity index (χ1n) is 13.7. The fourth-order valence-electron chi connectivity index (χ4n) is 6.56. The Morgan fingerprint density at radius 1 is 1.14 bits per heavy atom. The monoisotopic (exact) mass is 502 g/mol. The molecule has 2 saturated heterocycles. The summed E-state index contributed by atoms with van der Waals surface area (Å²) in [5.41, 5.74) is -1.29. The molecule has 0 radical (unpaired) electrons. The predicted molar refractivity (Wildman–Crippen MR) is 135 cm³/mol. The van der Waals surface area contributed by atoms with E-state index in [2.05, 4.69) is 6.92 Å². The number of hydrogen-bond donors (Lipinski definition) is 1. The molecule has 0 aromatic heterocycles. The van der Waals surface area contributed by atoms with Crippen LogP contribution in [-0.4, -0.2) is 82.3 Å². The zero-order valence-corrected chi connectivity index (χ0v) is 22.1. The molecule has 8 nitrogen and oxygen atoms in total. The minimum Gasteiger partial charge on any atom is -0.465 e. The fraction of sp³-hybridized carbons (Fsp3) is 0.750. The number of nitrogens with zero attached hydrogens (tertiary/aromatic N) is 2. The second-order valence-corrected chi connectivity index (χ2v) is 11.2. The van der Waals surface area contributed by atoms with Crippen molar-refractivity contribution in [2.45, 2.75) is 96.1 Å². The maximum Gasteiger partial charge on any atom is 0.312 e. The quantitative estimate of drug-likeness (QED) is 0.425. The highest BCUT2D eigenvalue weighted by molar-refractivity contribution is 5.99. The molecule has 200 valence electrons. The number of likely N-dealkylation sites (tertiary alicyclic amines) is 1. The number of esters is 1. The van der Waals surface area contributed by atoms with Crippen molar-refractivity contribution in [3.8, 4) is 0 Å². The van der Waals surface area contributed by atoms with Crippen molar-refractivity contribution in [3.63, 3.8) is 0 Å². The molecule has 0 saturated carbocycles. The summed E-state index contributed by atoms with van der Waals surface area (Å²) >= 11 is 0. The maximum atomic E-state index is 14.3. The molecule has 1 N–H and O–H groups in total. The Kier molecular flexibility index (Phi) is 8.25. The lowest BCUT2D eigenvalue weighted by Crippen LogP contribution is -2.59. The lowest BCUT2D eigenvalue weighted by molar-refractivity contribution is -0.157. The molecule has 2 fully saturated rings. The Morgan fingerprint density at radius 3 is 2.61 bits per heavy atom. The summed E-state index contributed by atoms with van der Waals surface area (Å²) in [5.74, 6) is -2.46. The summed E-state index contributed by atoms with van der Waals surface area (Å²) < 4.78 is 12.3. The minimum atomic E-state index is -1.29. The van der Waals surface area contributed by atoms with Crippen molar-refractivity contribution < 1.29 is 29.0 Å². The van der Waals surface area contributed by atoms with E-state index in [9.17, 15) is 19.5 Å². The number of cyclic esters (lactones) is 1. The standard InChI is InChI=1S/C28H42N2O6/c1-5-11-19(4)29-14-10-13-28-23(22-21(36-28)12-8-6-7-9-15-35-27(22)34)25(32)30(24(28)26(29)33)20(17-31)16-18(2)3/h8,10,12-13,18-24,31H,5-7,9,11,14-17H2,1-4H3/b12-8-/t19?,20-,21+,22-,23+,24?,28+/m1/s1. The van der Waals surface area contributed by atoms with Gasteiger partial charge in [0.25, 0.3) is 0 Å². The van der Waals surface area contributed by atoms with E-state index >= 15 is 0 Å². The highest BCUT2D eigenvalue weighted by Crippen LogP contribution is 2.54. The molecule has 0 bridgehead atoms. The van der Waals surface area contributed by atoms with Gasteiger partial charge in [-0.3, -0.25) is 14.4 Å². The average molecular weight is 503 g/mol. The van der Waals surface area contributed by atoms with Crippen LogP contribution >= 0.6 is 0 Å². The third-order valence-electron chi connectivity index (χ3n) is 8.16. The van der Waals surface area contributed by atoms with Gasteiger partial charge in [-0.1, -0.05) is 51.5 Å². The maximum absolute atomic E-state index is 14.3. The minimum absolute atomic E-state index is 0.0112. The average Bonchev–Trinajstić information content (AvgIpc) is 3.22. The first-order chi connectivity index (χ1) is 17.3. The Bertz CT molecular complexity index is 900. The Balaban J connectivity index is 1.83. The van der Waals surface area contributed by atoms with E-state index in [4.69, 9.17) is 9.47 Å². The summed E-state index contributed by atoms with van der Waals surface area (Å²) in [4.78, 5) is 45.2. The van der Waals surface area contributed by atoms with Crippen molar-refractivity contribution in [1.82, 2.24) is 9.80 Å². The number of hydrogen-bond acceptors (Lipinski definition) is 6. The SMILES string of the molecule is CCCC(C)N1CC=C[C@]23O[C@H]4/C=C\CCCCOC(=O)[C@H]4[C@H]2C(=O)N([C@@H](CO)CC(C)C)C3C1=O. The Morgan fingerprint density at radius 2 is 1.92 bits per heavy atom. The number of rotatable bonds is 7. The number of carbonyl (C=O) groups excluding carboxylic acids is 3. The number of aliphatic hydroxyl groups excluding tert-OH is 1. The van der Waals surface area contributed by atoms with Crippen LogP contribution in [0.3, 0.4) is 0 Å². The molecule has 8 heteroatoms. The third-order valence-corrected chi connectivity index (χ3v) is 8.16. The van der Waals surface area contributed by atoms with Crippen molar-refractivity contribution in [2.24, 2.45) is 17.8 Å². The van der Waals surface area contributed by atoms with Crippen LogP contribution in [0.15, 0.2) is 24.3 Å². The van der Waals surface area contributed by atoms with E-state index in [0.29, 0.717) is 19.6 Å². The van der Waals surface area contributed by atoms with Crippen LogP contribution in [0.2, 0.25) is 0 Å². The van der Waals surface area contributed by atoms with Gasteiger partial charge in [-0.15, -0.1) is 0 Å². The van der Waals surface area contributed by atoms with Gasteiger partial charge >= 0.3 is 5.97 Å². The van der Waals surface area contributed by atoms with Crippen molar-refractivity contribution >= 4 is 17.8 Å². The molecule has 4 rings (SSSR count). The molecule has 0 aliphatic carbocycles. The fourth-order valence-corrected chi connectivity index (χ4v) is 6.56. The highest BCUT2D eigenvalue weighted by atomic mass is 16.6. The second-order valence-electron chi connectivity index (χ2n) is 11.2. The number of allylic oxidation sites excluding steroid dienone is 1. The predicted octanol–water partition coefficient (Wildman–Crippen LogP) is 2.84. The molecule has 4 aliphatic rings. The lowest BCUT2D eigenvalue weighted by Gasteiger charge is -2.40. The molecule has 36 heavy (non-hydrogen) atoms. The largest absolute Gasteiger partial charge is 0.465 e. The van der Waals surface area contributed by atoms with Gasteiger partial charge in [0.2, 0.25) is 11.8 Å². The van der Waals surface area contributed by atoms with E-state index in [-0.39, 0.29) is 30.4 Å². The van der Waals surface area contributed by atoms with Crippen LogP contribution in [0, 0.1) is 17.8 Å². The van der Waals surface area contributed by atoms with Gasteiger partial charge in [0.15, 0.2) is 0 Å². The van der Waals surface area contributed by atoms with Gasteiger partial charge in [-0.25, -0.2) is 0 Å². The molecular formula is C28H42N2O6. The van der Waals surface area contributed by atoms with Gasteiger partial charge in [0, 0.05) is 12.6 Å². The molecule has 4 aliphatic heterocycles. The smallest absolute Gasteiger partial charge is 0.312 e. The molecule has 7 atom stereocenters. The molecule has 0 aromatic carbocycles. The van der Waals surface area contributed by atoms with Crippen molar-refractivity contribution in [2.75, 3.05) is 19.8 Å². The molecule has 0 aromatic rings. The van der Waals surface area contributed by atoms with Gasteiger partial charge in [0.05, 0.1) is 31.3 Å². The normalized spacial score (nSPS) is 35.1. The number of fused-ring (bicyclic) bond motifs is 2. The van der Waals surface area contributed by atoms with E-state index in [1.165, 1.54) is 0 Å². The Labute approximate surface area is 214 Å². The lowest BCUT2D eigenvalue weighted by atomic mass is 9.77. The summed E-state index contributed by atoms with van der Waals surface area (Å²) in [6.45, 7) is 8.63. The molecule has 1 spiro atoms. The highest BCUT2D eigenvalue weighted by Gasteiger charge is 2.72. The number of amides is 2. The first-order valence-corrected chi connectivity index (χ1v) is 13.7. The van der Waals surface area contributed by atoms with Crippen molar-refractivity contribution in [3.05, 3.63) is 24.3 Å². The van der Waals surface area contributed by atoms with Gasteiger partial charge in [-0.2, -0.15) is 0 Å². The number of aliphatic hydroxyl groups is 1. The summed E-state index contributed by atoms with van der Waals surface area (Å²) in [7, 11) is 0. The van der Waals surface area contributed by atoms with Crippen LogP contribution in [0.4, 0.5) is 0 Å². The number of ether oxygens (including phenoxy) is 2. The van der Waals surface area contributed by atoms with Crippen LogP contribution in [0.25, 0.3) is 0 Å². The van der Waals surface area contributed by atoms with Crippen LogP contribution in [-0.2, 0) is 23.9 Å². The van der Waals surface area contributed by atoms with Gasteiger partial charge in [-0.05, 0) is 44.9 Å². The van der Waals surface area contributed by atoms with Crippen molar-refractivity contribution in [1.29, 1.82) is 0 Å². The molecule has 2 amide bonds. The van der Waals surface area contributed by atoms with Crippen LogP contribution < -0.4 is 0 Å². The summed E-state index contributed by atoms with van der Waals surface area (Å²) in [5, 5.41) is 10.4. The third kappa shape index (κ3) is 4.62. The first kappa shape index (κ1) is 26.9. The molecule has 4 heterocycles. The van der Waals surface area contributed by atoms with Gasteiger partial charge < -0.3 is 24.4 Å². The zero-order valence-electron chi connectivity index (χ0n) is 22.1. The van der Waals surface area contributed by atoms with E-state index in [0.717, 1.165) is 32.1 Å². The van der Waals surface area contributed by atoms with E-state index < -0.39 is 41.6 Å². The topological polar surface area (TPSA) is 96.4 Å². The summed E-state index contributed by atoms with van der Waals surface area (Å²) in [6.07, 6.45) is 11.8.